The lowest BCUT2D eigenvalue weighted by molar-refractivity contribution is 0.142. The van der Waals surface area contributed by atoms with E-state index in [0.29, 0.717) is 13.0 Å². The fourth-order valence-electron chi connectivity index (χ4n) is 2.83. The molecule has 2 atom stereocenters. The van der Waals surface area contributed by atoms with E-state index in [4.69, 9.17) is 0 Å². The van der Waals surface area contributed by atoms with E-state index in [1.807, 2.05) is 55.5 Å². The summed E-state index contributed by atoms with van der Waals surface area (Å²) < 4.78 is 0. The first-order valence-electron chi connectivity index (χ1n) is 7.49. The van der Waals surface area contributed by atoms with Gasteiger partial charge in [-0.1, -0.05) is 54.1 Å². The largest absolute Gasteiger partial charge is 0.390 e. The molecule has 0 spiro atoms. The van der Waals surface area contributed by atoms with E-state index in [1.54, 1.807) is 0 Å². The molecular formula is C18H20N2O2. The fraction of sp³-hybridized carbons (Fsp3) is 0.278. The molecule has 0 radical (unpaired) electrons. The summed E-state index contributed by atoms with van der Waals surface area (Å²) in [5, 5.41) is 15.8. The number of hydrogen-bond acceptors (Lipinski definition) is 2. The molecule has 0 unspecified atom stereocenters. The summed E-state index contributed by atoms with van der Waals surface area (Å²) in [7, 11) is 0. The third-order valence-corrected chi connectivity index (χ3v) is 4.06. The Bertz CT molecular complexity index is 667. The fourth-order valence-corrected chi connectivity index (χ4v) is 2.83. The minimum atomic E-state index is -0.567. The highest BCUT2D eigenvalue weighted by Crippen LogP contribution is 2.30. The van der Waals surface area contributed by atoms with Gasteiger partial charge in [0.25, 0.3) is 0 Å². The number of fused-ring (bicyclic) bond motifs is 1. The summed E-state index contributed by atoms with van der Waals surface area (Å²) in [4.78, 5) is 12.1. The summed E-state index contributed by atoms with van der Waals surface area (Å²) in [6.45, 7) is 2.50. The predicted molar refractivity (Wildman–Crippen MR) is 85.4 cm³/mol. The number of aliphatic hydroxyl groups excluding tert-OH is 1. The summed E-state index contributed by atoms with van der Waals surface area (Å²) in [6.07, 6.45) is 0.0153. The van der Waals surface area contributed by atoms with Crippen LogP contribution in [0.15, 0.2) is 48.5 Å². The van der Waals surface area contributed by atoms with Gasteiger partial charge in [0.1, 0.15) is 0 Å². The summed E-state index contributed by atoms with van der Waals surface area (Å²) in [5.74, 6) is 0. The first kappa shape index (κ1) is 14.6. The van der Waals surface area contributed by atoms with Crippen molar-refractivity contribution in [3.8, 4) is 0 Å². The molecule has 114 valence electrons. The van der Waals surface area contributed by atoms with Crippen molar-refractivity contribution in [3.05, 3.63) is 70.8 Å². The second-order valence-electron chi connectivity index (χ2n) is 5.76. The van der Waals surface area contributed by atoms with E-state index in [0.717, 1.165) is 16.7 Å². The first-order valence-corrected chi connectivity index (χ1v) is 7.49. The Morgan fingerprint density at radius 1 is 1.18 bits per heavy atom. The van der Waals surface area contributed by atoms with Gasteiger partial charge in [0.05, 0.1) is 12.1 Å². The van der Waals surface area contributed by atoms with Crippen LogP contribution in [0.1, 0.15) is 28.3 Å². The quantitative estimate of drug-likeness (QED) is 0.815. The molecule has 2 aromatic rings. The van der Waals surface area contributed by atoms with Crippen LogP contribution >= 0.6 is 0 Å². The zero-order valence-electron chi connectivity index (χ0n) is 12.5. The van der Waals surface area contributed by atoms with Gasteiger partial charge in [-0.2, -0.15) is 0 Å². The Balaban J connectivity index is 1.59. The molecule has 1 aliphatic rings. The zero-order valence-corrected chi connectivity index (χ0v) is 12.5. The van der Waals surface area contributed by atoms with Gasteiger partial charge in [-0.15, -0.1) is 0 Å². The molecule has 2 amide bonds. The Morgan fingerprint density at radius 2 is 1.91 bits per heavy atom. The second-order valence-corrected chi connectivity index (χ2v) is 5.76. The van der Waals surface area contributed by atoms with Crippen molar-refractivity contribution in [1.82, 2.24) is 10.6 Å². The van der Waals surface area contributed by atoms with Gasteiger partial charge in [-0.05, 0) is 23.6 Å². The van der Waals surface area contributed by atoms with Gasteiger partial charge >= 0.3 is 6.03 Å². The summed E-state index contributed by atoms with van der Waals surface area (Å²) in [6, 6.07) is 15.3. The third-order valence-electron chi connectivity index (χ3n) is 4.06. The molecule has 3 N–H and O–H groups in total. The number of amides is 2. The Hall–Kier alpha value is -2.33. The molecule has 2 aromatic carbocycles. The average molecular weight is 296 g/mol. The molecule has 22 heavy (non-hydrogen) atoms. The van der Waals surface area contributed by atoms with Crippen LogP contribution in [0.2, 0.25) is 0 Å². The lowest BCUT2D eigenvalue weighted by Crippen LogP contribution is -2.40. The molecule has 0 aliphatic heterocycles. The van der Waals surface area contributed by atoms with Crippen LogP contribution in [-0.4, -0.2) is 17.2 Å². The van der Waals surface area contributed by atoms with Gasteiger partial charge < -0.3 is 15.7 Å². The van der Waals surface area contributed by atoms with Gasteiger partial charge in [-0.25, -0.2) is 4.79 Å². The highest BCUT2D eigenvalue weighted by atomic mass is 16.3. The standard InChI is InChI=1S/C18H20N2O2/c1-12-6-8-13(9-7-12)11-19-18(22)20-17-15-5-3-2-4-14(15)10-16(17)21/h2-9,16-17,21H,10-11H2,1H3,(H2,19,20,22)/t16-,17+/m0/s1. The summed E-state index contributed by atoms with van der Waals surface area (Å²) >= 11 is 0. The second kappa shape index (κ2) is 6.20. The van der Waals surface area contributed by atoms with Crippen molar-refractivity contribution in [3.63, 3.8) is 0 Å². The molecule has 0 aromatic heterocycles. The number of nitrogens with one attached hydrogen (secondary N) is 2. The van der Waals surface area contributed by atoms with Crippen LogP contribution in [0.3, 0.4) is 0 Å². The van der Waals surface area contributed by atoms with Crippen LogP contribution in [0.25, 0.3) is 0 Å². The molecule has 0 bridgehead atoms. The molecule has 0 fully saturated rings. The number of aliphatic hydroxyl groups is 1. The number of hydrogen-bond donors (Lipinski definition) is 3. The molecule has 0 saturated carbocycles. The lowest BCUT2D eigenvalue weighted by atomic mass is 10.1. The zero-order chi connectivity index (χ0) is 15.5. The predicted octanol–water partition coefficient (Wildman–Crippen LogP) is 2.45. The van der Waals surface area contributed by atoms with Crippen molar-refractivity contribution >= 4 is 6.03 Å². The van der Waals surface area contributed by atoms with Gasteiger partial charge in [0.2, 0.25) is 0 Å². The van der Waals surface area contributed by atoms with E-state index in [2.05, 4.69) is 10.6 Å². The van der Waals surface area contributed by atoms with Gasteiger partial charge in [0.15, 0.2) is 0 Å². The number of rotatable bonds is 3. The van der Waals surface area contributed by atoms with Gasteiger partial charge in [-0.3, -0.25) is 0 Å². The maximum Gasteiger partial charge on any atom is 0.315 e. The molecule has 0 saturated heterocycles. The maximum atomic E-state index is 12.1. The van der Waals surface area contributed by atoms with E-state index < -0.39 is 6.10 Å². The van der Waals surface area contributed by atoms with Gasteiger partial charge in [0, 0.05) is 13.0 Å². The van der Waals surface area contributed by atoms with Crippen molar-refractivity contribution in [2.75, 3.05) is 0 Å². The maximum absolute atomic E-state index is 12.1. The molecule has 0 heterocycles. The summed E-state index contributed by atoms with van der Waals surface area (Å²) in [5.41, 5.74) is 4.34. The highest BCUT2D eigenvalue weighted by molar-refractivity contribution is 5.74. The number of urea groups is 1. The van der Waals surface area contributed by atoms with Crippen molar-refractivity contribution in [2.45, 2.75) is 32.0 Å². The molecule has 1 aliphatic carbocycles. The number of benzene rings is 2. The normalized spacial score (nSPS) is 19.5. The van der Waals surface area contributed by atoms with Crippen molar-refractivity contribution in [2.24, 2.45) is 0 Å². The van der Waals surface area contributed by atoms with E-state index in [-0.39, 0.29) is 12.1 Å². The SMILES string of the molecule is Cc1ccc(CNC(=O)N[C@@H]2c3ccccc3C[C@@H]2O)cc1. The highest BCUT2D eigenvalue weighted by Gasteiger charge is 2.31. The molecular weight excluding hydrogens is 276 g/mol. The topological polar surface area (TPSA) is 61.4 Å². The molecule has 4 nitrogen and oxygen atoms in total. The third kappa shape index (κ3) is 3.12. The Kier molecular flexibility index (Phi) is 4.11. The number of carbonyl (C=O) groups is 1. The van der Waals surface area contributed by atoms with E-state index in [1.165, 1.54) is 5.56 Å². The minimum absolute atomic E-state index is 0.263. The molecule has 3 rings (SSSR count). The van der Waals surface area contributed by atoms with E-state index in [9.17, 15) is 9.90 Å². The number of carbonyl (C=O) groups excluding carboxylic acids is 1. The monoisotopic (exact) mass is 296 g/mol. The van der Waals surface area contributed by atoms with Crippen LogP contribution in [0.5, 0.6) is 0 Å². The number of aryl methyl sites for hydroxylation is 1. The van der Waals surface area contributed by atoms with E-state index >= 15 is 0 Å². The van der Waals surface area contributed by atoms with Crippen molar-refractivity contribution < 1.29 is 9.90 Å². The van der Waals surface area contributed by atoms with Crippen LogP contribution in [0, 0.1) is 6.92 Å². The van der Waals surface area contributed by atoms with Crippen LogP contribution in [-0.2, 0) is 13.0 Å². The first-order chi connectivity index (χ1) is 10.6. The molecule has 4 heteroatoms. The Labute approximate surface area is 130 Å². The lowest BCUT2D eigenvalue weighted by Gasteiger charge is -2.18. The minimum Gasteiger partial charge on any atom is -0.390 e. The smallest absolute Gasteiger partial charge is 0.315 e. The average Bonchev–Trinajstić information content (AvgIpc) is 2.83. The Morgan fingerprint density at radius 3 is 2.68 bits per heavy atom. The van der Waals surface area contributed by atoms with Crippen LogP contribution < -0.4 is 10.6 Å². The van der Waals surface area contributed by atoms with Crippen molar-refractivity contribution in [1.29, 1.82) is 0 Å². The van der Waals surface area contributed by atoms with Crippen LogP contribution in [0.4, 0.5) is 4.79 Å².